The Labute approximate surface area is 183 Å². The summed E-state index contributed by atoms with van der Waals surface area (Å²) in [4.78, 5) is 13.3. The summed E-state index contributed by atoms with van der Waals surface area (Å²) in [6.45, 7) is 0. The lowest BCUT2D eigenvalue weighted by atomic mass is 10.2. The average molecular weight is 707 g/mol. The molecule has 11 heteroatoms. The second kappa shape index (κ2) is 8.11. The van der Waals surface area contributed by atoms with Crippen molar-refractivity contribution in [3.63, 3.8) is 0 Å². The van der Waals surface area contributed by atoms with Gasteiger partial charge in [-0.1, -0.05) is 95.6 Å². The zero-order valence-corrected chi connectivity index (χ0v) is 21.0. The van der Waals surface area contributed by atoms with E-state index in [0.29, 0.717) is 36.3 Å². The van der Waals surface area contributed by atoms with Gasteiger partial charge in [0, 0.05) is 18.9 Å². The Balaban J connectivity index is 2.26. The number of aryl methyl sites for hydroxylation is 2. The highest BCUT2D eigenvalue weighted by Crippen LogP contribution is 2.46. The molecular weight excluding hydrogens is 698 g/mol. The fourth-order valence-corrected chi connectivity index (χ4v) is 2.69. The summed E-state index contributed by atoms with van der Waals surface area (Å²) in [5, 5.41) is 0. The molecule has 126 valence electrons. The Morgan fingerprint density at radius 1 is 0.913 bits per heavy atom. The summed E-state index contributed by atoms with van der Waals surface area (Å²) in [6, 6.07) is 3.65. The first kappa shape index (κ1) is 20.3. The zero-order valence-electron chi connectivity index (χ0n) is 11.5. The van der Waals surface area contributed by atoms with E-state index in [-0.39, 0.29) is 0 Å². The van der Waals surface area contributed by atoms with Crippen LogP contribution < -0.4 is 4.74 Å². The van der Waals surface area contributed by atoms with Crippen LogP contribution in [0, 0.1) is 0 Å². The van der Waals surface area contributed by atoms with Crippen molar-refractivity contribution in [1.82, 2.24) is 15.0 Å². The molecule has 2 rings (SSSR count). The van der Waals surface area contributed by atoms with Crippen molar-refractivity contribution in [1.29, 1.82) is 0 Å². The minimum atomic E-state index is -0.731. The first-order valence-electron chi connectivity index (χ1n) is 6.11. The van der Waals surface area contributed by atoms with Crippen LogP contribution in [0.2, 0.25) is 0 Å². The number of nitrogens with zero attached hydrogens (tertiary/aromatic N) is 3. The fraction of sp³-hybridized carbons (Fsp3) is 0.417. The molecule has 0 atom stereocenters. The van der Waals surface area contributed by atoms with Gasteiger partial charge in [-0.25, -0.2) is 15.0 Å². The van der Waals surface area contributed by atoms with E-state index in [2.05, 4.69) is 111 Å². The first-order valence-corrected chi connectivity index (χ1v) is 10.9. The molecule has 2 aromatic rings. The molecular formula is C12H9Br6N3O2. The van der Waals surface area contributed by atoms with Gasteiger partial charge in [-0.15, -0.1) is 0 Å². The standard InChI is InChI=1S/C12H9Br6N3O2/c1-22-8-5-3-6(23-8)2-4-7-19-9(11(13,14)15)21-10(20-7)12(16,17)18/h3,5H,2,4H2,1H3. The summed E-state index contributed by atoms with van der Waals surface area (Å²) >= 11 is 20.6. The number of aromatic nitrogens is 3. The van der Waals surface area contributed by atoms with E-state index in [0.717, 1.165) is 5.76 Å². The molecule has 0 aliphatic heterocycles. The van der Waals surface area contributed by atoms with Gasteiger partial charge in [0.25, 0.3) is 5.95 Å². The lowest BCUT2D eigenvalue weighted by molar-refractivity contribution is 0.294. The monoisotopic (exact) mass is 701 g/mol. The van der Waals surface area contributed by atoms with Crippen LogP contribution in [0.4, 0.5) is 0 Å². The molecule has 0 radical (unpaired) electrons. The Kier molecular flexibility index (Phi) is 7.15. The Morgan fingerprint density at radius 2 is 1.48 bits per heavy atom. The molecule has 0 spiro atoms. The van der Waals surface area contributed by atoms with E-state index in [4.69, 9.17) is 9.15 Å². The molecule has 0 aliphatic carbocycles. The number of hydrogen-bond acceptors (Lipinski definition) is 5. The number of furan rings is 1. The second-order valence-corrected chi connectivity index (χ2v) is 17.8. The minimum absolute atomic E-state index is 0.484. The van der Waals surface area contributed by atoms with Crippen LogP contribution in [0.5, 0.6) is 5.95 Å². The maximum atomic E-state index is 5.50. The number of methoxy groups -OCH3 is 1. The van der Waals surface area contributed by atoms with Crippen LogP contribution in [0.25, 0.3) is 0 Å². The van der Waals surface area contributed by atoms with Crippen molar-refractivity contribution in [2.24, 2.45) is 0 Å². The van der Waals surface area contributed by atoms with E-state index in [1.807, 2.05) is 6.07 Å². The maximum absolute atomic E-state index is 5.50. The molecule has 5 nitrogen and oxygen atoms in total. The largest absolute Gasteiger partial charge is 0.468 e. The Hall–Kier alpha value is 0.970. The van der Waals surface area contributed by atoms with E-state index in [9.17, 15) is 0 Å². The topological polar surface area (TPSA) is 61.0 Å². The first-order chi connectivity index (χ1) is 10.6. The van der Waals surface area contributed by atoms with E-state index < -0.39 is 4.29 Å². The molecule has 0 fully saturated rings. The van der Waals surface area contributed by atoms with Crippen molar-refractivity contribution in [3.05, 3.63) is 35.4 Å². The molecule has 0 aliphatic rings. The average Bonchev–Trinajstić information content (AvgIpc) is 2.91. The molecule has 0 bridgehead atoms. The molecule has 0 N–H and O–H groups in total. The van der Waals surface area contributed by atoms with Crippen LogP contribution in [0.1, 0.15) is 23.2 Å². The highest BCUT2D eigenvalue weighted by Gasteiger charge is 2.31. The van der Waals surface area contributed by atoms with E-state index >= 15 is 0 Å². The molecule has 0 amide bonds. The maximum Gasteiger partial charge on any atom is 0.284 e. The van der Waals surface area contributed by atoms with Crippen molar-refractivity contribution in [3.8, 4) is 5.95 Å². The number of alkyl halides is 6. The Bertz CT molecular complexity index is 648. The summed E-state index contributed by atoms with van der Waals surface area (Å²) < 4.78 is 9.07. The third-order valence-electron chi connectivity index (χ3n) is 2.62. The molecule has 0 unspecified atom stereocenters. The molecule has 2 heterocycles. The van der Waals surface area contributed by atoms with Crippen LogP contribution in [0.15, 0.2) is 16.5 Å². The summed E-state index contributed by atoms with van der Waals surface area (Å²) in [5.74, 6) is 2.91. The Morgan fingerprint density at radius 3 is 1.91 bits per heavy atom. The third kappa shape index (κ3) is 6.02. The summed E-state index contributed by atoms with van der Waals surface area (Å²) in [6.07, 6.45) is 1.23. The highest BCUT2D eigenvalue weighted by molar-refractivity contribution is 9.39. The molecule has 23 heavy (non-hydrogen) atoms. The number of hydrogen-bond donors (Lipinski definition) is 0. The van der Waals surface area contributed by atoms with Gasteiger partial charge >= 0.3 is 0 Å². The van der Waals surface area contributed by atoms with Crippen molar-refractivity contribution in [2.45, 2.75) is 17.1 Å². The normalized spacial score (nSPS) is 12.5. The predicted octanol–water partition coefficient (Wildman–Crippen LogP) is 5.85. The summed E-state index contributed by atoms with van der Waals surface area (Å²) in [5.41, 5.74) is 0. The van der Waals surface area contributed by atoms with Gasteiger partial charge in [0.1, 0.15) is 11.6 Å². The van der Waals surface area contributed by atoms with Crippen LogP contribution in [0.3, 0.4) is 0 Å². The minimum Gasteiger partial charge on any atom is -0.468 e. The van der Waals surface area contributed by atoms with Gasteiger partial charge < -0.3 is 9.15 Å². The van der Waals surface area contributed by atoms with Crippen LogP contribution in [-0.2, 0) is 17.1 Å². The highest BCUT2D eigenvalue weighted by atomic mass is 80.0. The second-order valence-electron chi connectivity index (χ2n) is 4.32. The quantitative estimate of drug-likeness (QED) is 0.374. The van der Waals surface area contributed by atoms with Crippen LogP contribution in [-0.4, -0.2) is 22.1 Å². The molecule has 0 saturated carbocycles. The predicted molar refractivity (Wildman–Crippen MR) is 109 cm³/mol. The van der Waals surface area contributed by atoms with Gasteiger partial charge in [-0.3, -0.25) is 0 Å². The van der Waals surface area contributed by atoms with Gasteiger partial charge in [0.05, 0.1) is 7.11 Å². The SMILES string of the molecule is COc1ccc(CCc2nc(C(Br)(Br)Br)nc(C(Br)(Br)Br)n2)o1. The van der Waals surface area contributed by atoms with Gasteiger partial charge in [0.2, 0.25) is 0 Å². The fourth-order valence-electron chi connectivity index (χ4n) is 1.62. The molecule has 0 saturated heterocycles. The van der Waals surface area contributed by atoms with Gasteiger partial charge in [-0.05, 0) is 6.07 Å². The van der Waals surface area contributed by atoms with E-state index in [1.54, 1.807) is 13.2 Å². The summed E-state index contributed by atoms with van der Waals surface area (Å²) in [7, 11) is 1.57. The lowest BCUT2D eigenvalue weighted by Crippen LogP contribution is -2.17. The van der Waals surface area contributed by atoms with Gasteiger partial charge in [-0.2, -0.15) is 0 Å². The van der Waals surface area contributed by atoms with Crippen molar-refractivity contribution in [2.75, 3.05) is 7.11 Å². The van der Waals surface area contributed by atoms with Crippen LogP contribution >= 0.6 is 95.6 Å². The third-order valence-corrected chi connectivity index (χ3v) is 4.75. The van der Waals surface area contributed by atoms with Crippen molar-refractivity contribution >= 4 is 95.6 Å². The van der Waals surface area contributed by atoms with Crippen molar-refractivity contribution < 1.29 is 9.15 Å². The molecule has 0 aromatic carbocycles. The number of ether oxygens (including phenoxy) is 1. The number of halogens is 6. The van der Waals surface area contributed by atoms with Gasteiger partial charge in [0.15, 0.2) is 15.9 Å². The number of rotatable bonds is 4. The smallest absolute Gasteiger partial charge is 0.284 e. The lowest BCUT2D eigenvalue weighted by Gasteiger charge is -2.16. The zero-order chi connectivity index (χ0) is 17.3. The molecule has 2 aromatic heterocycles. The van der Waals surface area contributed by atoms with E-state index in [1.165, 1.54) is 0 Å².